The van der Waals surface area contributed by atoms with Gasteiger partial charge in [-0.05, 0) is 20.8 Å². The first-order valence-electron chi connectivity index (χ1n) is 5.45. The van der Waals surface area contributed by atoms with Crippen LogP contribution < -0.4 is 10.2 Å². The van der Waals surface area contributed by atoms with Crippen molar-refractivity contribution in [3.8, 4) is 0 Å². The van der Waals surface area contributed by atoms with E-state index in [-0.39, 0.29) is 12.5 Å². The highest BCUT2D eigenvalue weighted by atomic mass is 35.5. The Hall–Kier alpha value is -1.36. The first-order chi connectivity index (χ1) is 7.99. The standard InChI is InChI=1S/C11H17ClN4O/c1-5-16(6-9(17)13-4)11-7(2)10(12)14-8(3)15-11/h5-6H2,1-4H3,(H,13,17). The summed E-state index contributed by atoms with van der Waals surface area (Å²) < 4.78 is 0. The van der Waals surface area contributed by atoms with Crippen molar-refractivity contribution in [1.29, 1.82) is 0 Å². The number of likely N-dealkylation sites (N-methyl/N-ethyl adjacent to an activating group) is 2. The van der Waals surface area contributed by atoms with Crippen LogP contribution in [0.15, 0.2) is 0 Å². The minimum absolute atomic E-state index is 0.0568. The monoisotopic (exact) mass is 256 g/mol. The van der Waals surface area contributed by atoms with E-state index in [1.54, 1.807) is 14.0 Å². The molecule has 1 N–H and O–H groups in total. The summed E-state index contributed by atoms with van der Waals surface area (Å²) >= 11 is 6.01. The van der Waals surface area contributed by atoms with Crippen molar-refractivity contribution in [2.75, 3.05) is 25.0 Å². The van der Waals surface area contributed by atoms with Crippen molar-refractivity contribution in [2.45, 2.75) is 20.8 Å². The van der Waals surface area contributed by atoms with Crippen LogP contribution in [0.5, 0.6) is 0 Å². The molecule has 1 amide bonds. The van der Waals surface area contributed by atoms with Gasteiger partial charge in [0.2, 0.25) is 5.91 Å². The van der Waals surface area contributed by atoms with Crippen LogP contribution in [0.4, 0.5) is 5.82 Å². The molecular formula is C11H17ClN4O. The van der Waals surface area contributed by atoms with Gasteiger partial charge < -0.3 is 10.2 Å². The molecule has 5 nitrogen and oxygen atoms in total. The minimum atomic E-state index is -0.0568. The van der Waals surface area contributed by atoms with E-state index in [0.717, 1.165) is 5.56 Å². The number of aromatic nitrogens is 2. The van der Waals surface area contributed by atoms with E-state index in [1.807, 2.05) is 18.7 Å². The highest BCUT2D eigenvalue weighted by Crippen LogP contribution is 2.22. The molecule has 0 aliphatic carbocycles. The summed E-state index contributed by atoms with van der Waals surface area (Å²) in [5.74, 6) is 1.26. The van der Waals surface area contributed by atoms with Crippen molar-refractivity contribution in [1.82, 2.24) is 15.3 Å². The second kappa shape index (κ2) is 5.82. The molecule has 0 unspecified atom stereocenters. The Morgan fingerprint density at radius 2 is 2.06 bits per heavy atom. The number of amides is 1. The van der Waals surface area contributed by atoms with Crippen molar-refractivity contribution >= 4 is 23.3 Å². The molecule has 1 heterocycles. The van der Waals surface area contributed by atoms with E-state index in [2.05, 4.69) is 15.3 Å². The number of carbonyl (C=O) groups is 1. The lowest BCUT2D eigenvalue weighted by atomic mass is 10.3. The van der Waals surface area contributed by atoms with Crippen LogP contribution in [0.2, 0.25) is 5.15 Å². The first-order valence-corrected chi connectivity index (χ1v) is 5.83. The maximum absolute atomic E-state index is 11.4. The second-order valence-corrected chi connectivity index (χ2v) is 4.06. The van der Waals surface area contributed by atoms with E-state index in [4.69, 9.17) is 11.6 Å². The molecular weight excluding hydrogens is 240 g/mol. The van der Waals surface area contributed by atoms with Gasteiger partial charge in [0.1, 0.15) is 16.8 Å². The predicted molar refractivity (Wildman–Crippen MR) is 68.5 cm³/mol. The molecule has 1 rings (SSSR count). The van der Waals surface area contributed by atoms with Gasteiger partial charge in [0.05, 0.1) is 6.54 Å². The van der Waals surface area contributed by atoms with Gasteiger partial charge in [-0.2, -0.15) is 0 Å². The van der Waals surface area contributed by atoms with Crippen molar-refractivity contribution in [3.05, 3.63) is 16.5 Å². The van der Waals surface area contributed by atoms with Crippen LogP contribution in [0.3, 0.4) is 0 Å². The van der Waals surface area contributed by atoms with Crippen LogP contribution in [0.1, 0.15) is 18.3 Å². The van der Waals surface area contributed by atoms with Crippen LogP contribution in [-0.2, 0) is 4.79 Å². The number of carbonyl (C=O) groups excluding carboxylic acids is 1. The third-order valence-corrected chi connectivity index (χ3v) is 2.84. The third-order valence-electron chi connectivity index (χ3n) is 2.47. The Labute approximate surface area is 106 Å². The van der Waals surface area contributed by atoms with Crippen molar-refractivity contribution in [3.63, 3.8) is 0 Å². The molecule has 94 valence electrons. The molecule has 0 saturated heterocycles. The van der Waals surface area contributed by atoms with Crippen LogP contribution in [0.25, 0.3) is 0 Å². The van der Waals surface area contributed by atoms with Gasteiger partial charge in [0, 0.05) is 19.2 Å². The molecule has 0 aliphatic heterocycles. The number of anilines is 1. The molecule has 0 bridgehead atoms. The summed E-state index contributed by atoms with van der Waals surface area (Å²) in [6.45, 7) is 6.54. The van der Waals surface area contributed by atoms with E-state index >= 15 is 0 Å². The maximum Gasteiger partial charge on any atom is 0.239 e. The normalized spacial score (nSPS) is 10.2. The van der Waals surface area contributed by atoms with Gasteiger partial charge in [-0.15, -0.1) is 0 Å². The Kier molecular flexibility index (Phi) is 4.69. The van der Waals surface area contributed by atoms with Gasteiger partial charge >= 0.3 is 0 Å². The fourth-order valence-corrected chi connectivity index (χ4v) is 1.68. The number of hydrogen-bond acceptors (Lipinski definition) is 4. The molecule has 0 aliphatic rings. The molecule has 0 aromatic carbocycles. The molecule has 0 spiro atoms. The topological polar surface area (TPSA) is 58.1 Å². The van der Waals surface area contributed by atoms with Gasteiger partial charge in [0.25, 0.3) is 0 Å². The summed E-state index contributed by atoms with van der Waals surface area (Å²) in [5, 5.41) is 3.02. The highest BCUT2D eigenvalue weighted by molar-refractivity contribution is 6.30. The SMILES string of the molecule is CCN(CC(=O)NC)c1nc(C)nc(Cl)c1C. The Bertz CT molecular complexity index is 422. The quantitative estimate of drug-likeness (QED) is 0.826. The van der Waals surface area contributed by atoms with Crippen LogP contribution in [-0.4, -0.2) is 36.0 Å². The number of rotatable bonds is 4. The molecule has 1 aromatic heterocycles. The average molecular weight is 257 g/mol. The fourth-order valence-electron chi connectivity index (χ4n) is 1.48. The van der Waals surface area contributed by atoms with Gasteiger partial charge in [0.15, 0.2) is 0 Å². The molecule has 17 heavy (non-hydrogen) atoms. The predicted octanol–water partition coefficient (Wildman–Crippen LogP) is 1.32. The maximum atomic E-state index is 11.4. The van der Waals surface area contributed by atoms with E-state index in [9.17, 15) is 4.79 Å². The zero-order valence-electron chi connectivity index (χ0n) is 10.5. The van der Waals surface area contributed by atoms with Crippen molar-refractivity contribution < 1.29 is 4.79 Å². The van der Waals surface area contributed by atoms with Gasteiger partial charge in [-0.1, -0.05) is 11.6 Å². The van der Waals surface area contributed by atoms with Gasteiger partial charge in [-0.3, -0.25) is 4.79 Å². The minimum Gasteiger partial charge on any atom is -0.358 e. The Balaban J connectivity index is 3.07. The summed E-state index contributed by atoms with van der Waals surface area (Å²) in [5.41, 5.74) is 0.794. The zero-order valence-corrected chi connectivity index (χ0v) is 11.3. The van der Waals surface area contributed by atoms with Gasteiger partial charge in [-0.25, -0.2) is 9.97 Å². The lowest BCUT2D eigenvalue weighted by Gasteiger charge is -2.23. The molecule has 0 atom stereocenters. The molecule has 0 saturated carbocycles. The lowest BCUT2D eigenvalue weighted by Crippen LogP contribution is -2.36. The summed E-state index contributed by atoms with van der Waals surface area (Å²) in [6, 6.07) is 0. The summed E-state index contributed by atoms with van der Waals surface area (Å²) in [6.07, 6.45) is 0. The smallest absolute Gasteiger partial charge is 0.239 e. The third kappa shape index (κ3) is 3.30. The summed E-state index contributed by atoms with van der Waals surface area (Å²) in [7, 11) is 1.61. The highest BCUT2D eigenvalue weighted by Gasteiger charge is 2.15. The largest absolute Gasteiger partial charge is 0.358 e. The fraction of sp³-hybridized carbons (Fsp3) is 0.545. The average Bonchev–Trinajstić information content (AvgIpc) is 2.30. The Morgan fingerprint density at radius 1 is 1.41 bits per heavy atom. The second-order valence-electron chi connectivity index (χ2n) is 3.70. The van der Waals surface area contributed by atoms with E-state index < -0.39 is 0 Å². The number of hydrogen-bond donors (Lipinski definition) is 1. The van der Waals surface area contributed by atoms with Crippen LogP contribution in [0, 0.1) is 13.8 Å². The molecule has 0 radical (unpaired) electrons. The van der Waals surface area contributed by atoms with Crippen molar-refractivity contribution in [2.24, 2.45) is 0 Å². The molecule has 1 aromatic rings. The number of nitrogens with zero attached hydrogens (tertiary/aromatic N) is 3. The van der Waals surface area contributed by atoms with Crippen LogP contribution >= 0.6 is 11.6 Å². The zero-order chi connectivity index (χ0) is 13.0. The Morgan fingerprint density at radius 3 is 2.59 bits per heavy atom. The number of nitrogens with one attached hydrogen (secondary N) is 1. The molecule has 6 heteroatoms. The van der Waals surface area contributed by atoms with E-state index in [1.165, 1.54) is 0 Å². The summed E-state index contributed by atoms with van der Waals surface area (Å²) in [4.78, 5) is 21.7. The van der Waals surface area contributed by atoms with E-state index in [0.29, 0.717) is 23.3 Å². The number of halogens is 1. The lowest BCUT2D eigenvalue weighted by molar-refractivity contribution is -0.119. The molecule has 0 fully saturated rings. The number of aryl methyl sites for hydroxylation is 1. The first kappa shape index (κ1) is 13.7.